The number of methoxy groups -OCH3 is 1. The van der Waals surface area contributed by atoms with E-state index in [1.165, 1.54) is 0 Å². The summed E-state index contributed by atoms with van der Waals surface area (Å²) in [6, 6.07) is 19.1. The summed E-state index contributed by atoms with van der Waals surface area (Å²) in [5.41, 5.74) is 4.48. The van der Waals surface area contributed by atoms with Crippen LogP contribution in [-0.4, -0.2) is 33.2 Å². The van der Waals surface area contributed by atoms with E-state index in [0.717, 1.165) is 41.2 Å². The fraction of sp³-hybridized carbons (Fsp3) is 0.259. The minimum atomic E-state index is -0.105. The molecule has 1 N–H and O–H groups in total. The first-order chi connectivity index (χ1) is 16.6. The molecule has 0 fully saturated rings. The van der Waals surface area contributed by atoms with Crippen molar-refractivity contribution >= 4 is 0 Å². The number of aliphatic hydroxyl groups excluding tert-OH is 1. The number of nitrogens with zero attached hydrogens (tertiary/aromatic N) is 3. The number of fused-ring (bicyclic) bond motifs is 1. The van der Waals surface area contributed by atoms with Crippen LogP contribution in [0.25, 0.3) is 11.1 Å². The van der Waals surface area contributed by atoms with Crippen LogP contribution in [0.3, 0.4) is 0 Å². The highest BCUT2D eigenvalue weighted by molar-refractivity contribution is 5.65. The highest BCUT2D eigenvalue weighted by Crippen LogP contribution is 2.27. The lowest BCUT2D eigenvalue weighted by molar-refractivity contribution is 0.206. The van der Waals surface area contributed by atoms with Crippen LogP contribution in [0.2, 0.25) is 0 Å². The fourth-order valence-corrected chi connectivity index (χ4v) is 4.54. The van der Waals surface area contributed by atoms with Crippen LogP contribution in [0.4, 0.5) is 0 Å². The second-order valence-corrected chi connectivity index (χ2v) is 8.46. The van der Waals surface area contributed by atoms with E-state index >= 15 is 0 Å². The average molecular weight is 458 g/mol. The quantitative estimate of drug-likeness (QED) is 0.457. The van der Waals surface area contributed by atoms with Gasteiger partial charge in [-0.25, -0.2) is 0 Å². The van der Waals surface area contributed by atoms with Gasteiger partial charge in [0.25, 0.3) is 5.56 Å². The first-order valence-electron chi connectivity index (χ1n) is 11.4. The van der Waals surface area contributed by atoms with Crippen LogP contribution in [0.15, 0.2) is 76.1 Å². The number of pyridine rings is 2. The topological polar surface area (TPSA) is 80.7 Å². The van der Waals surface area contributed by atoms with Gasteiger partial charge in [-0.3, -0.25) is 14.7 Å². The number of hydrogen-bond acceptors (Lipinski definition) is 6. The molecule has 7 heteroatoms. The zero-order chi connectivity index (χ0) is 23.5. The molecule has 0 saturated heterocycles. The number of ether oxygens (including phenoxy) is 1. The molecule has 1 aliphatic rings. The normalized spacial score (nSPS) is 13.6. The fourth-order valence-electron chi connectivity index (χ4n) is 4.54. The molecule has 4 aromatic rings. The highest BCUT2D eigenvalue weighted by atomic mass is 16.5. The molecule has 3 aromatic heterocycles. The zero-order valence-electron chi connectivity index (χ0n) is 19.1. The van der Waals surface area contributed by atoms with E-state index in [-0.39, 0.29) is 12.2 Å². The minimum absolute atomic E-state index is 0.0234. The van der Waals surface area contributed by atoms with Crippen molar-refractivity contribution in [2.45, 2.75) is 32.7 Å². The van der Waals surface area contributed by atoms with Gasteiger partial charge in [-0.2, -0.15) is 0 Å². The predicted octanol–water partition coefficient (Wildman–Crippen LogP) is 3.61. The summed E-state index contributed by atoms with van der Waals surface area (Å²) in [5.74, 6) is 2.10. The summed E-state index contributed by atoms with van der Waals surface area (Å²) in [4.78, 5) is 20.4. The van der Waals surface area contributed by atoms with Gasteiger partial charge in [0.2, 0.25) is 0 Å². The van der Waals surface area contributed by atoms with Crippen molar-refractivity contribution in [1.82, 2.24) is 14.5 Å². The van der Waals surface area contributed by atoms with Crippen LogP contribution in [0.5, 0.6) is 5.75 Å². The monoisotopic (exact) mass is 457 g/mol. The first-order valence-corrected chi connectivity index (χ1v) is 11.4. The Kier molecular flexibility index (Phi) is 6.29. The van der Waals surface area contributed by atoms with Crippen molar-refractivity contribution in [1.29, 1.82) is 0 Å². The SMILES string of the molecule is COc1cccc(-c2cc3c(n(Cc4ccccn4)c2=O)CCN(Cc2ccc(CO)o2)C3)c1. The largest absolute Gasteiger partial charge is 0.497 e. The molecule has 34 heavy (non-hydrogen) atoms. The zero-order valence-corrected chi connectivity index (χ0v) is 19.1. The smallest absolute Gasteiger partial charge is 0.259 e. The Morgan fingerprint density at radius 1 is 1.06 bits per heavy atom. The van der Waals surface area contributed by atoms with Crippen molar-refractivity contribution < 1.29 is 14.3 Å². The summed E-state index contributed by atoms with van der Waals surface area (Å²) < 4.78 is 13.0. The molecule has 0 unspecified atom stereocenters. The Morgan fingerprint density at radius 3 is 2.71 bits per heavy atom. The minimum Gasteiger partial charge on any atom is -0.497 e. The summed E-state index contributed by atoms with van der Waals surface area (Å²) >= 11 is 0. The molecule has 0 aliphatic carbocycles. The third-order valence-electron chi connectivity index (χ3n) is 6.23. The van der Waals surface area contributed by atoms with E-state index in [9.17, 15) is 9.90 Å². The average Bonchev–Trinajstić information content (AvgIpc) is 3.33. The van der Waals surface area contributed by atoms with Crippen molar-refractivity contribution in [2.24, 2.45) is 0 Å². The van der Waals surface area contributed by atoms with Gasteiger partial charge in [-0.15, -0.1) is 0 Å². The predicted molar refractivity (Wildman–Crippen MR) is 128 cm³/mol. The molecule has 4 heterocycles. The molecule has 174 valence electrons. The van der Waals surface area contributed by atoms with E-state index in [2.05, 4.69) is 9.88 Å². The van der Waals surface area contributed by atoms with Crippen LogP contribution in [0, 0.1) is 0 Å². The second-order valence-electron chi connectivity index (χ2n) is 8.46. The van der Waals surface area contributed by atoms with Gasteiger partial charge in [0.15, 0.2) is 0 Å². The van der Waals surface area contributed by atoms with Gasteiger partial charge in [-0.1, -0.05) is 18.2 Å². The lowest BCUT2D eigenvalue weighted by atomic mass is 9.98. The van der Waals surface area contributed by atoms with Gasteiger partial charge in [0.1, 0.15) is 23.9 Å². The van der Waals surface area contributed by atoms with Crippen LogP contribution in [0.1, 0.15) is 28.5 Å². The Hall–Kier alpha value is -3.68. The molecule has 1 aliphatic heterocycles. The number of aromatic nitrogens is 2. The van der Waals surface area contributed by atoms with E-state index < -0.39 is 0 Å². The lowest BCUT2D eigenvalue weighted by Crippen LogP contribution is -2.36. The van der Waals surface area contributed by atoms with E-state index in [1.54, 1.807) is 19.4 Å². The molecule has 1 aromatic carbocycles. The van der Waals surface area contributed by atoms with Crippen molar-refractivity contribution in [3.05, 3.63) is 106 Å². The Morgan fingerprint density at radius 2 is 1.94 bits per heavy atom. The molecule has 0 amide bonds. The second kappa shape index (κ2) is 9.67. The van der Waals surface area contributed by atoms with Gasteiger partial charge in [-0.05, 0) is 53.6 Å². The standard InChI is InChI=1S/C27H27N3O4/c1-33-22-7-4-5-19(13-22)25-14-20-15-29(17-23-8-9-24(18-31)34-23)12-10-26(20)30(27(25)32)16-21-6-2-3-11-28-21/h2-9,11,13-14,31H,10,12,15-18H2,1H3. The number of rotatable bonds is 7. The summed E-state index contributed by atoms with van der Waals surface area (Å²) in [6.45, 7) is 2.48. The van der Waals surface area contributed by atoms with Gasteiger partial charge in [0, 0.05) is 37.0 Å². The van der Waals surface area contributed by atoms with Crippen molar-refractivity contribution in [3.63, 3.8) is 0 Å². The first kappa shape index (κ1) is 22.1. The Balaban J connectivity index is 1.54. The van der Waals surface area contributed by atoms with E-state index in [4.69, 9.17) is 9.15 Å². The maximum Gasteiger partial charge on any atom is 0.259 e. The number of furan rings is 1. The summed E-state index contributed by atoms with van der Waals surface area (Å²) in [7, 11) is 1.63. The van der Waals surface area contributed by atoms with Crippen LogP contribution >= 0.6 is 0 Å². The Bertz CT molecular complexity index is 1340. The maximum absolute atomic E-state index is 13.7. The molecule has 0 radical (unpaired) electrons. The number of hydrogen-bond donors (Lipinski definition) is 1. The van der Waals surface area contributed by atoms with E-state index in [1.807, 2.05) is 59.2 Å². The molecule has 0 atom stereocenters. The molecule has 5 rings (SSSR count). The number of aliphatic hydroxyl groups is 1. The summed E-state index contributed by atoms with van der Waals surface area (Å²) in [5, 5.41) is 9.29. The Labute approximate surface area is 197 Å². The molecular weight excluding hydrogens is 430 g/mol. The third-order valence-corrected chi connectivity index (χ3v) is 6.23. The van der Waals surface area contributed by atoms with Crippen molar-refractivity contribution in [3.8, 4) is 16.9 Å². The highest BCUT2D eigenvalue weighted by Gasteiger charge is 2.23. The molecular formula is C27H27N3O4. The molecule has 7 nitrogen and oxygen atoms in total. The summed E-state index contributed by atoms with van der Waals surface area (Å²) in [6.07, 6.45) is 2.51. The van der Waals surface area contributed by atoms with Crippen LogP contribution < -0.4 is 10.3 Å². The van der Waals surface area contributed by atoms with Crippen LogP contribution in [-0.2, 0) is 32.7 Å². The number of benzene rings is 1. The van der Waals surface area contributed by atoms with Gasteiger partial charge in [0.05, 0.1) is 25.9 Å². The van der Waals surface area contributed by atoms with E-state index in [0.29, 0.717) is 36.7 Å². The molecule has 0 bridgehead atoms. The lowest BCUT2D eigenvalue weighted by Gasteiger charge is -2.30. The van der Waals surface area contributed by atoms with Gasteiger partial charge < -0.3 is 18.8 Å². The third kappa shape index (κ3) is 4.53. The maximum atomic E-state index is 13.7. The van der Waals surface area contributed by atoms with Gasteiger partial charge >= 0.3 is 0 Å². The van der Waals surface area contributed by atoms with Crippen molar-refractivity contribution in [2.75, 3.05) is 13.7 Å². The molecule has 0 spiro atoms. The molecule has 0 saturated carbocycles.